The predicted octanol–water partition coefficient (Wildman–Crippen LogP) is 1.82. The molecule has 4 N–H and O–H groups in total. The lowest BCUT2D eigenvalue weighted by atomic mass is 10.2. The zero-order valence-corrected chi connectivity index (χ0v) is 8.94. The van der Waals surface area contributed by atoms with Crippen molar-refractivity contribution in [1.29, 1.82) is 5.41 Å². The number of carbonyl (C=O) groups excluding carboxylic acids is 1. The third kappa shape index (κ3) is 2.52. The summed E-state index contributed by atoms with van der Waals surface area (Å²) in [5.74, 6) is -0.243. The van der Waals surface area contributed by atoms with Crippen molar-refractivity contribution in [1.82, 2.24) is 0 Å². The van der Waals surface area contributed by atoms with Crippen molar-refractivity contribution in [3.05, 3.63) is 54.0 Å². The van der Waals surface area contributed by atoms with Gasteiger partial charge >= 0.3 is 0 Å². The van der Waals surface area contributed by atoms with Crippen LogP contribution >= 0.6 is 0 Å². The van der Waals surface area contributed by atoms with Gasteiger partial charge in [-0.1, -0.05) is 0 Å². The van der Waals surface area contributed by atoms with E-state index in [0.717, 1.165) is 0 Å². The molecular formula is C12H11N3O2. The van der Waals surface area contributed by atoms with Crippen LogP contribution in [0.4, 0.5) is 5.69 Å². The van der Waals surface area contributed by atoms with Gasteiger partial charge in [-0.3, -0.25) is 10.2 Å². The van der Waals surface area contributed by atoms with Gasteiger partial charge < -0.3 is 15.5 Å². The highest BCUT2D eigenvalue weighted by atomic mass is 16.3. The summed E-state index contributed by atoms with van der Waals surface area (Å²) in [4.78, 5) is 11.7. The summed E-state index contributed by atoms with van der Waals surface area (Å²) in [5.41, 5.74) is 7.04. The first kappa shape index (κ1) is 10.9. The number of amidine groups is 1. The van der Waals surface area contributed by atoms with Gasteiger partial charge in [0.05, 0.1) is 11.8 Å². The Hall–Kier alpha value is -2.56. The van der Waals surface area contributed by atoms with E-state index < -0.39 is 0 Å². The first-order valence-corrected chi connectivity index (χ1v) is 4.95. The molecule has 0 bridgehead atoms. The SMILES string of the molecule is N=C(N)c1ccc(NC(=O)c2ccoc2)cc1. The van der Waals surface area contributed by atoms with E-state index in [0.29, 0.717) is 16.8 Å². The van der Waals surface area contributed by atoms with Crippen LogP contribution in [0, 0.1) is 5.41 Å². The molecule has 0 aliphatic rings. The molecule has 1 aromatic heterocycles. The Balaban J connectivity index is 2.09. The molecule has 1 heterocycles. The van der Waals surface area contributed by atoms with E-state index in [4.69, 9.17) is 15.6 Å². The fourth-order valence-electron chi connectivity index (χ4n) is 1.33. The van der Waals surface area contributed by atoms with Crippen molar-refractivity contribution >= 4 is 17.4 Å². The van der Waals surface area contributed by atoms with E-state index in [1.54, 1.807) is 30.3 Å². The second-order valence-electron chi connectivity index (χ2n) is 3.46. The number of nitrogens with one attached hydrogen (secondary N) is 2. The molecular weight excluding hydrogens is 218 g/mol. The molecule has 2 aromatic rings. The minimum absolute atomic E-state index is 0.00212. The van der Waals surface area contributed by atoms with Crippen LogP contribution in [0.15, 0.2) is 47.3 Å². The second kappa shape index (κ2) is 4.52. The van der Waals surface area contributed by atoms with Crippen LogP contribution in [0.5, 0.6) is 0 Å². The van der Waals surface area contributed by atoms with Gasteiger partial charge in [0.1, 0.15) is 12.1 Å². The largest absolute Gasteiger partial charge is 0.472 e. The van der Waals surface area contributed by atoms with Crippen LogP contribution in [0.1, 0.15) is 15.9 Å². The number of carbonyl (C=O) groups is 1. The third-order valence-corrected chi connectivity index (χ3v) is 2.24. The van der Waals surface area contributed by atoms with Crippen molar-refractivity contribution in [3.8, 4) is 0 Å². The number of benzene rings is 1. The molecule has 0 atom stereocenters. The van der Waals surface area contributed by atoms with Crippen LogP contribution in [0.3, 0.4) is 0 Å². The maximum absolute atomic E-state index is 11.7. The first-order valence-electron chi connectivity index (χ1n) is 4.95. The van der Waals surface area contributed by atoms with E-state index >= 15 is 0 Å². The number of anilines is 1. The maximum atomic E-state index is 11.7. The van der Waals surface area contributed by atoms with E-state index in [-0.39, 0.29) is 11.7 Å². The highest BCUT2D eigenvalue weighted by Crippen LogP contribution is 2.11. The van der Waals surface area contributed by atoms with Crippen LogP contribution in [-0.2, 0) is 0 Å². The average molecular weight is 229 g/mol. The standard InChI is InChI=1S/C12H11N3O2/c13-11(14)8-1-3-10(4-2-8)15-12(16)9-5-6-17-7-9/h1-7H,(H3,13,14)(H,15,16). The van der Waals surface area contributed by atoms with Crippen molar-refractivity contribution in [2.75, 3.05) is 5.32 Å². The summed E-state index contributed by atoms with van der Waals surface area (Å²) in [5, 5.41) is 9.94. The van der Waals surface area contributed by atoms with Crippen LogP contribution in [0.25, 0.3) is 0 Å². The van der Waals surface area contributed by atoms with E-state index in [2.05, 4.69) is 5.32 Å². The third-order valence-electron chi connectivity index (χ3n) is 2.24. The molecule has 86 valence electrons. The Labute approximate surface area is 97.7 Å². The first-order chi connectivity index (χ1) is 8.16. The second-order valence-corrected chi connectivity index (χ2v) is 3.46. The molecule has 5 heteroatoms. The van der Waals surface area contributed by atoms with Gasteiger partial charge in [-0.05, 0) is 30.3 Å². The summed E-state index contributed by atoms with van der Waals surface area (Å²) in [6.45, 7) is 0. The molecule has 0 saturated carbocycles. The van der Waals surface area contributed by atoms with Gasteiger partial charge in [-0.25, -0.2) is 0 Å². The Bertz CT molecular complexity index is 529. The lowest BCUT2D eigenvalue weighted by Crippen LogP contribution is -2.12. The number of furan rings is 1. The number of rotatable bonds is 3. The fourth-order valence-corrected chi connectivity index (χ4v) is 1.33. The zero-order chi connectivity index (χ0) is 12.3. The summed E-state index contributed by atoms with van der Waals surface area (Å²) in [7, 11) is 0. The van der Waals surface area contributed by atoms with Crippen LogP contribution < -0.4 is 11.1 Å². The number of nitrogens with two attached hydrogens (primary N) is 1. The van der Waals surface area contributed by atoms with Gasteiger partial charge in [0.15, 0.2) is 0 Å². The number of nitrogen functional groups attached to an aromatic ring is 1. The summed E-state index contributed by atoms with van der Waals surface area (Å²) in [6.07, 6.45) is 2.81. The monoisotopic (exact) mass is 229 g/mol. The van der Waals surface area contributed by atoms with Crippen molar-refractivity contribution in [2.24, 2.45) is 5.73 Å². The predicted molar refractivity (Wildman–Crippen MR) is 64.1 cm³/mol. The Kier molecular flexibility index (Phi) is 2.91. The molecule has 1 aromatic carbocycles. The van der Waals surface area contributed by atoms with Gasteiger partial charge in [0.2, 0.25) is 0 Å². The van der Waals surface area contributed by atoms with E-state index in [9.17, 15) is 4.79 Å². The maximum Gasteiger partial charge on any atom is 0.258 e. The molecule has 1 amide bonds. The van der Waals surface area contributed by atoms with Gasteiger partial charge in [0, 0.05) is 11.3 Å². The average Bonchev–Trinajstić information content (AvgIpc) is 2.83. The van der Waals surface area contributed by atoms with Gasteiger partial charge in [-0.15, -0.1) is 0 Å². The molecule has 0 aliphatic heterocycles. The Morgan fingerprint density at radius 2 is 1.88 bits per heavy atom. The highest BCUT2D eigenvalue weighted by Gasteiger charge is 2.06. The smallest absolute Gasteiger partial charge is 0.258 e. The highest BCUT2D eigenvalue weighted by molar-refractivity contribution is 6.04. The van der Waals surface area contributed by atoms with Gasteiger partial charge in [0.25, 0.3) is 5.91 Å². The quantitative estimate of drug-likeness (QED) is 0.553. The summed E-state index contributed by atoms with van der Waals surface area (Å²) < 4.78 is 4.82. The van der Waals surface area contributed by atoms with Crippen LogP contribution in [0.2, 0.25) is 0 Å². The van der Waals surface area contributed by atoms with Gasteiger partial charge in [-0.2, -0.15) is 0 Å². The fraction of sp³-hybridized carbons (Fsp3) is 0. The van der Waals surface area contributed by atoms with Crippen molar-refractivity contribution < 1.29 is 9.21 Å². The molecule has 2 rings (SSSR count). The Morgan fingerprint density at radius 3 is 2.41 bits per heavy atom. The number of hydrogen-bond donors (Lipinski definition) is 3. The van der Waals surface area contributed by atoms with E-state index in [1.165, 1.54) is 12.5 Å². The van der Waals surface area contributed by atoms with Crippen LogP contribution in [-0.4, -0.2) is 11.7 Å². The minimum Gasteiger partial charge on any atom is -0.472 e. The number of amides is 1. The molecule has 0 spiro atoms. The summed E-state index contributed by atoms with van der Waals surface area (Å²) in [6, 6.07) is 8.31. The van der Waals surface area contributed by atoms with E-state index in [1.807, 2.05) is 0 Å². The molecule has 17 heavy (non-hydrogen) atoms. The lowest BCUT2D eigenvalue weighted by Gasteiger charge is -2.04. The molecule has 0 fully saturated rings. The molecule has 0 unspecified atom stereocenters. The summed E-state index contributed by atoms with van der Waals surface area (Å²) >= 11 is 0. The molecule has 0 saturated heterocycles. The molecule has 0 aliphatic carbocycles. The molecule has 0 radical (unpaired) electrons. The molecule has 5 nitrogen and oxygen atoms in total. The normalized spacial score (nSPS) is 9.88. The topological polar surface area (TPSA) is 92.1 Å². The van der Waals surface area contributed by atoms with Crippen molar-refractivity contribution in [3.63, 3.8) is 0 Å². The zero-order valence-electron chi connectivity index (χ0n) is 8.94. The number of hydrogen-bond acceptors (Lipinski definition) is 3. The Morgan fingerprint density at radius 1 is 1.18 bits per heavy atom. The van der Waals surface area contributed by atoms with Crippen molar-refractivity contribution in [2.45, 2.75) is 0 Å². The lowest BCUT2D eigenvalue weighted by molar-refractivity contribution is 0.102. The minimum atomic E-state index is -0.241.